The molecular formula is C18H25FN4O2. The van der Waals surface area contributed by atoms with Gasteiger partial charge in [0, 0.05) is 18.2 Å². The highest BCUT2D eigenvalue weighted by molar-refractivity contribution is 5.50. The average molecular weight is 348 g/mol. The smallest absolute Gasteiger partial charge is 0.241 e. The van der Waals surface area contributed by atoms with Crippen LogP contribution in [0.3, 0.4) is 0 Å². The van der Waals surface area contributed by atoms with Gasteiger partial charge in [-0.15, -0.1) is 5.10 Å². The molecule has 2 N–H and O–H groups in total. The monoisotopic (exact) mass is 348 g/mol. The van der Waals surface area contributed by atoms with Crippen molar-refractivity contribution < 1.29 is 14.2 Å². The molecule has 2 aromatic rings. The standard InChI is InChI=1S/C18H25FN4O2/c1-18(2)6-3-4-11(18)14-8-12(19)15-9-20-17(22-23(14)15)21-13-5-7-25-10-16(13)24/h8-9,11,13,16,24H,3-7,10H2,1-2H3,(H,21,22)/t11?,13-,16-/m1/s1. The van der Waals surface area contributed by atoms with Crippen LogP contribution < -0.4 is 5.32 Å². The molecule has 2 fully saturated rings. The number of rotatable bonds is 3. The van der Waals surface area contributed by atoms with Crippen molar-refractivity contribution in [1.29, 1.82) is 0 Å². The Hall–Kier alpha value is -1.73. The number of fused-ring (bicyclic) bond motifs is 1. The summed E-state index contributed by atoms with van der Waals surface area (Å²) in [6.07, 6.45) is 4.94. The normalized spacial score (nSPS) is 29.2. The van der Waals surface area contributed by atoms with Gasteiger partial charge in [0.15, 0.2) is 5.82 Å². The van der Waals surface area contributed by atoms with Crippen LogP contribution in [-0.2, 0) is 4.74 Å². The van der Waals surface area contributed by atoms with Gasteiger partial charge in [-0.05, 0) is 30.7 Å². The molecule has 7 heteroatoms. The number of ether oxygens (including phenoxy) is 1. The summed E-state index contributed by atoms with van der Waals surface area (Å²) in [5, 5.41) is 17.7. The number of hydrogen-bond donors (Lipinski definition) is 2. The van der Waals surface area contributed by atoms with Crippen molar-refractivity contribution in [2.75, 3.05) is 18.5 Å². The van der Waals surface area contributed by atoms with E-state index in [1.165, 1.54) is 6.20 Å². The molecule has 4 rings (SSSR count). The minimum atomic E-state index is -0.595. The van der Waals surface area contributed by atoms with Crippen LogP contribution in [0.5, 0.6) is 0 Å². The molecule has 3 atom stereocenters. The van der Waals surface area contributed by atoms with E-state index in [9.17, 15) is 9.50 Å². The Balaban J connectivity index is 1.68. The molecule has 25 heavy (non-hydrogen) atoms. The predicted molar refractivity (Wildman–Crippen MR) is 92.2 cm³/mol. The summed E-state index contributed by atoms with van der Waals surface area (Å²) < 4.78 is 21.3. The summed E-state index contributed by atoms with van der Waals surface area (Å²) in [6, 6.07) is 1.45. The predicted octanol–water partition coefficient (Wildman–Crippen LogP) is 2.72. The van der Waals surface area contributed by atoms with Crippen LogP contribution in [0.2, 0.25) is 0 Å². The van der Waals surface area contributed by atoms with E-state index >= 15 is 0 Å². The fourth-order valence-electron chi connectivity index (χ4n) is 4.22. The van der Waals surface area contributed by atoms with Crippen LogP contribution in [0.4, 0.5) is 10.3 Å². The maximum atomic E-state index is 14.4. The molecule has 2 aromatic heterocycles. The first-order chi connectivity index (χ1) is 12.0. The third-order valence-corrected chi connectivity index (χ3v) is 5.75. The number of halogens is 1. The van der Waals surface area contributed by atoms with E-state index in [2.05, 4.69) is 29.2 Å². The van der Waals surface area contributed by atoms with Crippen molar-refractivity contribution in [2.24, 2.45) is 5.41 Å². The maximum Gasteiger partial charge on any atom is 0.241 e. The molecule has 3 heterocycles. The quantitative estimate of drug-likeness (QED) is 0.892. The van der Waals surface area contributed by atoms with Crippen LogP contribution in [-0.4, -0.2) is 45.1 Å². The molecule has 0 amide bonds. The first-order valence-electron chi connectivity index (χ1n) is 9.02. The van der Waals surface area contributed by atoms with Gasteiger partial charge in [-0.1, -0.05) is 20.3 Å². The molecule has 6 nitrogen and oxygen atoms in total. The van der Waals surface area contributed by atoms with Gasteiger partial charge in [0.25, 0.3) is 0 Å². The molecule has 0 aromatic carbocycles. The zero-order valence-electron chi connectivity index (χ0n) is 14.7. The van der Waals surface area contributed by atoms with Gasteiger partial charge < -0.3 is 15.2 Å². The highest BCUT2D eigenvalue weighted by Crippen LogP contribution is 2.49. The second-order valence-corrected chi connectivity index (χ2v) is 7.91. The molecule has 0 spiro atoms. The van der Waals surface area contributed by atoms with Gasteiger partial charge in [0.2, 0.25) is 5.95 Å². The number of aromatic nitrogens is 3. The summed E-state index contributed by atoms with van der Waals surface area (Å²) in [4.78, 5) is 4.24. The number of hydrogen-bond acceptors (Lipinski definition) is 5. The van der Waals surface area contributed by atoms with E-state index < -0.39 is 6.10 Å². The molecule has 0 bridgehead atoms. The molecule has 1 unspecified atom stereocenters. The second kappa shape index (κ2) is 6.21. The number of aliphatic hydroxyl groups is 1. The van der Waals surface area contributed by atoms with Gasteiger partial charge >= 0.3 is 0 Å². The summed E-state index contributed by atoms with van der Waals surface area (Å²) in [5.74, 6) is 0.405. The van der Waals surface area contributed by atoms with E-state index in [1.807, 2.05) is 0 Å². The lowest BCUT2D eigenvalue weighted by Crippen LogP contribution is -2.42. The zero-order chi connectivity index (χ0) is 17.6. The maximum absolute atomic E-state index is 14.4. The Morgan fingerprint density at radius 2 is 2.24 bits per heavy atom. The Morgan fingerprint density at radius 3 is 2.96 bits per heavy atom. The molecular weight excluding hydrogens is 323 g/mol. The molecule has 1 aliphatic heterocycles. The van der Waals surface area contributed by atoms with Gasteiger partial charge in [0.05, 0.1) is 24.9 Å². The van der Waals surface area contributed by atoms with Gasteiger partial charge in [-0.25, -0.2) is 13.9 Å². The first-order valence-corrected chi connectivity index (χ1v) is 9.02. The lowest BCUT2D eigenvalue weighted by atomic mass is 9.80. The summed E-state index contributed by atoms with van der Waals surface area (Å²) >= 11 is 0. The van der Waals surface area contributed by atoms with E-state index in [0.29, 0.717) is 31.1 Å². The first kappa shape index (κ1) is 16.7. The van der Waals surface area contributed by atoms with Gasteiger partial charge in [0.1, 0.15) is 5.52 Å². The van der Waals surface area contributed by atoms with Crippen molar-refractivity contribution in [3.63, 3.8) is 0 Å². The molecule has 136 valence electrons. The fraction of sp³-hybridized carbons (Fsp3) is 0.667. The SMILES string of the molecule is CC1(C)CCCC1c1cc(F)c2cnc(N[C@@H]3CCOC[C@H]3O)nn12. The molecule has 2 aliphatic rings. The van der Waals surface area contributed by atoms with Crippen LogP contribution in [0, 0.1) is 11.2 Å². The van der Waals surface area contributed by atoms with Gasteiger partial charge in [-0.2, -0.15) is 0 Å². The minimum absolute atomic E-state index is 0.135. The molecule has 1 saturated carbocycles. The average Bonchev–Trinajstić information content (AvgIpc) is 3.08. The van der Waals surface area contributed by atoms with E-state index in [-0.39, 0.29) is 23.2 Å². The van der Waals surface area contributed by atoms with Crippen LogP contribution in [0.15, 0.2) is 12.3 Å². The number of aliphatic hydroxyl groups excluding tert-OH is 1. The van der Waals surface area contributed by atoms with E-state index in [1.54, 1.807) is 10.6 Å². The van der Waals surface area contributed by atoms with Crippen LogP contribution in [0.25, 0.3) is 5.52 Å². The molecule has 0 radical (unpaired) electrons. The van der Waals surface area contributed by atoms with Crippen LogP contribution >= 0.6 is 0 Å². The highest BCUT2D eigenvalue weighted by atomic mass is 19.1. The van der Waals surface area contributed by atoms with Crippen molar-refractivity contribution in [3.05, 3.63) is 23.8 Å². The van der Waals surface area contributed by atoms with Gasteiger partial charge in [-0.3, -0.25) is 0 Å². The molecule has 1 aliphatic carbocycles. The van der Waals surface area contributed by atoms with Crippen molar-refractivity contribution in [1.82, 2.24) is 14.6 Å². The van der Waals surface area contributed by atoms with Crippen LogP contribution in [0.1, 0.15) is 51.1 Å². The number of nitrogens with one attached hydrogen (secondary N) is 1. The molecule has 1 saturated heterocycles. The van der Waals surface area contributed by atoms with E-state index in [0.717, 1.165) is 25.0 Å². The van der Waals surface area contributed by atoms with Crippen molar-refractivity contribution in [2.45, 2.75) is 57.6 Å². The zero-order valence-corrected chi connectivity index (χ0v) is 14.7. The fourth-order valence-corrected chi connectivity index (χ4v) is 4.22. The summed E-state index contributed by atoms with van der Waals surface area (Å²) in [5.41, 5.74) is 1.44. The second-order valence-electron chi connectivity index (χ2n) is 7.91. The third-order valence-electron chi connectivity index (χ3n) is 5.75. The summed E-state index contributed by atoms with van der Waals surface area (Å²) in [6.45, 7) is 5.37. The lowest BCUT2D eigenvalue weighted by molar-refractivity contribution is -0.0136. The topological polar surface area (TPSA) is 71.7 Å². The number of anilines is 1. The highest BCUT2D eigenvalue weighted by Gasteiger charge is 2.38. The third kappa shape index (κ3) is 3.00. The van der Waals surface area contributed by atoms with E-state index in [4.69, 9.17) is 4.74 Å². The van der Waals surface area contributed by atoms with Crippen molar-refractivity contribution in [3.8, 4) is 0 Å². The Kier molecular flexibility index (Phi) is 4.16. The van der Waals surface area contributed by atoms with Crippen molar-refractivity contribution >= 4 is 11.5 Å². The minimum Gasteiger partial charge on any atom is -0.389 e. The Labute approximate surface area is 146 Å². The largest absolute Gasteiger partial charge is 0.389 e. The Bertz CT molecular complexity index is 776. The summed E-state index contributed by atoms with van der Waals surface area (Å²) in [7, 11) is 0. The lowest BCUT2D eigenvalue weighted by Gasteiger charge is -2.28. The number of nitrogens with zero attached hydrogens (tertiary/aromatic N) is 3. The Morgan fingerprint density at radius 1 is 1.40 bits per heavy atom.